The van der Waals surface area contributed by atoms with Crippen molar-refractivity contribution in [3.05, 3.63) is 40.7 Å². The average molecular weight is 463 g/mol. The first-order valence-corrected chi connectivity index (χ1v) is 12.9. The molecule has 1 amide bonds. The number of nitrogens with zero attached hydrogens (tertiary/aromatic N) is 3. The molecular formula is C26H30N4O2S. The minimum atomic E-state index is -0.492. The van der Waals surface area contributed by atoms with Crippen molar-refractivity contribution in [1.82, 2.24) is 10.3 Å². The Hall–Kier alpha value is -2.46. The SMILES string of the molecule is CC(=O)C1C(C)=NC(SCC(=O)NC23CC4CC(CC(C4)C2)C3)=C(C#N)[C@H]1c1cccnc1. The Morgan fingerprint density at radius 3 is 2.42 bits per heavy atom. The zero-order chi connectivity index (χ0) is 23.2. The van der Waals surface area contributed by atoms with Gasteiger partial charge in [-0.25, -0.2) is 4.99 Å². The van der Waals surface area contributed by atoms with E-state index in [2.05, 4.69) is 21.4 Å². The zero-order valence-electron chi connectivity index (χ0n) is 19.2. The van der Waals surface area contributed by atoms with Gasteiger partial charge in [0.25, 0.3) is 0 Å². The van der Waals surface area contributed by atoms with Gasteiger partial charge in [-0.05, 0) is 81.8 Å². The number of allylic oxidation sites excluding steroid dienone is 1. The lowest BCUT2D eigenvalue weighted by molar-refractivity contribution is -0.124. The Bertz CT molecular complexity index is 1040. The zero-order valence-corrected chi connectivity index (χ0v) is 20.0. The number of thioether (sulfide) groups is 1. The minimum absolute atomic E-state index is 0.0196. The van der Waals surface area contributed by atoms with Crippen LogP contribution in [0.5, 0.6) is 0 Å². The van der Waals surface area contributed by atoms with Gasteiger partial charge in [0.05, 0.1) is 23.3 Å². The third kappa shape index (κ3) is 4.26. The lowest BCUT2D eigenvalue weighted by Gasteiger charge is -2.56. The quantitative estimate of drug-likeness (QED) is 0.676. The number of ketones is 1. The predicted octanol–water partition coefficient (Wildman–Crippen LogP) is 4.40. The van der Waals surface area contributed by atoms with E-state index in [1.54, 1.807) is 19.3 Å². The maximum Gasteiger partial charge on any atom is 0.230 e. The smallest absolute Gasteiger partial charge is 0.230 e. The minimum Gasteiger partial charge on any atom is -0.350 e. The summed E-state index contributed by atoms with van der Waals surface area (Å²) in [5.41, 5.74) is 1.92. The molecule has 1 aromatic rings. The lowest BCUT2D eigenvalue weighted by atomic mass is 9.53. The van der Waals surface area contributed by atoms with Gasteiger partial charge in [0.1, 0.15) is 10.8 Å². The van der Waals surface area contributed by atoms with Gasteiger partial charge >= 0.3 is 0 Å². The van der Waals surface area contributed by atoms with E-state index < -0.39 is 11.8 Å². The highest BCUT2D eigenvalue weighted by Crippen LogP contribution is 2.55. The molecule has 2 atom stereocenters. The third-order valence-corrected chi connectivity index (χ3v) is 8.98. The van der Waals surface area contributed by atoms with Crippen LogP contribution in [0.15, 0.2) is 40.1 Å². The van der Waals surface area contributed by atoms with Crippen LogP contribution in [-0.4, -0.2) is 33.7 Å². The molecule has 7 heteroatoms. The van der Waals surface area contributed by atoms with Gasteiger partial charge in [0, 0.05) is 29.6 Å². The Morgan fingerprint density at radius 2 is 1.88 bits per heavy atom. The molecule has 6 rings (SSSR count). The fourth-order valence-electron chi connectivity index (χ4n) is 7.24. The number of Topliss-reactive ketones (excluding diaryl/α,β-unsaturated/α-hetero) is 1. The number of rotatable bonds is 6. The fourth-order valence-corrected chi connectivity index (χ4v) is 8.11. The molecule has 1 aliphatic heterocycles. The van der Waals surface area contributed by atoms with Crippen LogP contribution in [0.2, 0.25) is 0 Å². The van der Waals surface area contributed by atoms with E-state index in [9.17, 15) is 14.9 Å². The first-order chi connectivity index (χ1) is 15.9. The van der Waals surface area contributed by atoms with Crippen molar-refractivity contribution >= 4 is 29.2 Å². The van der Waals surface area contributed by atoms with Gasteiger partial charge in [-0.3, -0.25) is 14.6 Å². The van der Waals surface area contributed by atoms with E-state index in [0.717, 1.165) is 42.6 Å². The predicted molar refractivity (Wildman–Crippen MR) is 128 cm³/mol. The molecule has 1 N–H and O–H groups in total. The molecule has 1 aromatic heterocycles. The number of nitriles is 1. The van der Waals surface area contributed by atoms with E-state index in [0.29, 0.717) is 16.3 Å². The summed E-state index contributed by atoms with van der Waals surface area (Å²) in [6.07, 6.45) is 10.7. The molecule has 0 spiro atoms. The van der Waals surface area contributed by atoms with Crippen LogP contribution in [-0.2, 0) is 9.59 Å². The van der Waals surface area contributed by atoms with E-state index in [4.69, 9.17) is 0 Å². The number of carbonyl (C=O) groups is 2. The Morgan fingerprint density at radius 1 is 1.21 bits per heavy atom. The number of pyridine rings is 1. The topological polar surface area (TPSA) is 95.2 Å². The van der Waals surface area contributed by atoms with Crippen LogP contribution in [0.3, 0.4) is 0 Å². The Balaban J connectivity index is 1.34. The van der Waals surface area contributed by atoms with E-state index >= 15 is 0 Å². The molecule has 33 heavy (non-hydrogen) atoms. The second-order valence-electron chi connectivity index (χ2n) is 10.5. The summed E-state index contributed by atoms with van der Waals surface area (Å²) in [7, 11) is 0. The van der Waals surface area contributed by atoms with Gasteiger partial charge in [-0.2, -0.15) is 5.26 Å². The summed E-state index contributed by atoms with van der Waals surface area (Å²) in [5.74, 6) is 1.61. The van der Waals surface area contributed by atoms with Crippen LogP contribution in [0, 0.1) is 35.0 Å². The molecule has 0 radical (unpaired) electrons. The number of hydrogen-bond donors (Lipinski definition) is 1. The van der Waals surface area contributed by atoms with Crippen molar-refractivity contribution in [2.75, 3.05) is 5.75 Å². The number of aromatic nitrogens is 1. The molecule has 4 bridgehead atoms. The van der Waals surface area contributed by atoms with Crippen LogP contribution < -0.4 is 5.32 Å². The van der Waals surface area contributed by atoms with Crippen molar-refractivity contribution < 1.29 is 9.59 Å². The molecule has 5 aliphatic rings. The van der Waals surface area contributed by atoms with Crippen molar-refractivity contribution in [3.8, 4) is 6.07 Å². The van der Waals surface area contributed by atoms with E-state index in [1.807, 2.05) is 19.1 Å². The lowest BCUT2D eigenvalue weighted by Crippen LogP contribution is -2.60. The van der Waals surface area contributed by atoms with Crippen molar-refractivity contribution in [1.29, 1.82) is 5.26 Å². The largest absolute Gasteiger partial charge is 0.350 e. The van der Waals surface area contributed by atoms with Crippen LogP contribution in [0.1, 0.15) is 63.9 Å². The van der Waals surface area contributed by atoms with Gasteiger partial charge in [-0.15, -0.1) is 0 Å². The van der Waals surface area contributed by atoms with Gasteiger partial charge < -0.3 is 5.32 Å². The van der Waals surface area contributed by atoms with Crippen LogP contribution >= 0.6 is 11.8 Å². The number of amides is 1. The second-order valence-corrected chi connectivity index (χ2v) is 11.4. The molecule has 6 nitrogen and oxygen atoms in total. The molecule has 4 saturated carbocycles. The van der Waals surface area contributed by atoms with Gasteiger partial charge in [0.2, 0.25) is 5.91 Å². The van der Waals surface area contributed by atoms with Crippen molar-refractivity contribution in [3.63, 3.8) is 0 Å². The second kappa shape index (κ2) is 8.72. The van der Waals surface area contributed by atoms with Gasteiger partial charge in [-0.1, -0.05) is 17.8 Å². The highest BCUT2D eigenvalue weighted by Gasteiger charge is 2.51. The molecule has 0 aromatic carbocycles. The van der Waals surface area contributed by atoms with Crippen molar-refractivity contribution in [2.24, 2.45) is 28.7 Å². The van der Waals surface area contributed by atoms with Gasteiger partial charge in [0.15, 0.2) is 0 Å². The average Bonchev–Trinajstić information content (AvgIpc) is 2.76. The summed E-state index contributed by atoms with van der Waals surface area (Å²) in [6.45, 7) is 3.37. The number of hydrogen-bond acceptors (Lipinski definition) is 6. The molecule has 4 aliphatic carbocycles. The number of aliphatic imine (C=N–C) groups is 1. The van der Waals surface area contributed by atoms with Crippen LogP contribution in [0.4, 0.5) is 0 Å². The summed E-state index contributed by atoms with van der Waals surface area (Å²) in [5, 5.41) is 14.0. The van der Waals surface area contributed by atoms with E-state index in [-0.39, 0.29) is 23.0 Å². The third-order valence-electron chi connectivity index (χ3n) is 7.99. The van der Waals surface area contributed by atoms with E-state index in [1.165, 1.54) is 31.0 Å². The maximum atomic E-state index is 13.0. The molecular weight excluding hydrogens is 432 g/mol. The normalized spacial score (nSPS) is 34.6. The maximum absolute atomic E-state index is 13.0. The fraction of sp³-hybridized carbons (Fsp3) is 0.577. The molecule has 2 heterocycles. The monoisotopic (exact) mass is 462 g/mol. The first kappa shape index (κ1) is 22.3. The van der Waals surface area contributed by atoms with Crippen molar-refractivity contribution in [2.45, 2.75) is 63.8 Å². The summed E-state index contributed by atoms with van der Waals surface area (Å²) in [4.78, 5) is 34.3. The van der Waals surface area contributed by atoms with Crippen LogP contribution in [0.25, 0.3) is 0 Å². The standard InChI is InChI=1S/C26H30N4O2S/c1-15-23(16(2)31)24(20-4-3-5-28-13-20)21(12-27)25(29-15)33-14-22(32)30-26-9-17-6-18(10-26)8-19(7-17)11-26/h3-5,13,17-19,23-24H,6-11,14H2,1-2H3,(H,30,32)/t17?,18?,19?,23?,24-,26?/m1/s1. The molecule has 1 unspecified atom stereocenters. The molecule has 0 saturated heterocycles. The summed E-state index contributed by atoms with van der Waals surface area (Å²) < 4.78 is 0. The number of nitrogens with one attached hydrogen (secondary N) is 1. The Labute approximate surface area is 199 Å². The first-order valence-electron chi connectivity index (χ1n) is 11.9. The summed E-state index contributed by atoms with van der Waals surface area (Å²) in [6, 6.07) is 6.01. The highest BCUT2D eigenvalue weighted by atomic mass is 32.2. The molecule has 4 fully saturated rings. The molecule has 172 valence electrons. The summed E-state index contributed by atoms with van der Waals surface area (Å²) >= 11 is 1.31. The Kier molecular flexibility index (Phi) is 5.90. The highest BCUT2D eigenvalue weighted by molar-refractivity contribution is 8.03. The number of carbonyl (C=O) groups excluding carboxylic acids is 2.